The van der Waals surface area contributed by atoms with E-state index in [2.05, 4.69) is 53.4 Å². The third kappa shape index (κ3) is 5.29. The zero-order chi connectivity index (χ0) is 26.6. The highest BCUT2D eigenvalue weighted by Crippen LogP contribution is 2.33. The summed E-state index contributed by atoms with van der Waals surface area (Å²) in [6, 6.07) is 36.5. The number of fused-ring (bicyclic) bond motifs is 1. The number of hydrogen-bond acceptors (Lipinski definition) is 4. The molecule has 6 rings (SSSR count). The van der Waals surface area contributed by atoms with Crippen LogP contribution in [0.4, 0.5) is 5.69 Å². The first-order chi connectivity index (χ1) is 19.2. The van der Waals surface area contributed by atoms with Crippen molar-refractivity contribution in [1.29, 1.82) is 0 Å². The van der Waals surface area contributed by atoms with E-state index in [0.717, 1.165) is 24.3 Å². The first kappa shape index (κ1) is 24.9. The van der Waals surface area contributed by atoms with E-state index < -0.39 is 0 Å². The van der Waals surface area contributed by atoms with Crippen molar-refractivity contribution in [2.75, 3.05) is 37.7 Å². The number of piperazine rings is 1. The van der Waals surface area contributed by atoms with Crippen molar-refractivity contribution >= 4 is 17.5 Å². The van der Waals surface area contributed by atoms with Gasteiger partial charge in [-0.25, -0.2) is 0 Å². The molecule has 0 N–H and O–H groups in total. The zero-order valence-electron chi connectivity index (χ0n) is 21.8. The van der Waals surface area contributed by atoms with Crippen LogP contribution in [0.15, 0.2) is 109 Å². The average molecular weight is 518 g/mol. The second-order valence-corrected chi connectivity index (χ2v) is 9.99. The molecule has 4 aromatic carbocycles. The lowest BCUT2D eigenvalue weighted by molar-refractivity contribution is -0.121. The lowest BCUT2D eigenvalue weighted by atomic mass is 9.96. The first-order valence-electron chi connectivity index (χ1n) is 13.4. The molecular formula is C33H31N3O3. The maximum Gasteiger partial charge on any atom is 0.265 e. The fourth-order valence-corrected chi connectivity index (χ4v) is 5.56. The van der Waals surface area contributed by atoms with E-state index in [1.165, 1.54) is 11.1 Å². The van der Waals surface area contributed by atoms with Crippen LogP contribution in [0.25, 0.3) is 0 Å². The number of nitrogens with zero attached hydrogens (tertiary/aromatic N) is 3. The summed E-state index contributed by atoms with van der Waals surface area (Å²) in [6.45, 7) is 3.32. The highest BCUT2D eigenvalue weighted by molar-refractivity contribution is 5.98. The molecule has 0 unspecified atom stereocenters. The molecule has 39 heavy (non-hydrogen) atoms. The van der Waals surface area contributed by atoms with Gasteiger partial charge in [0.25, 0.3) is 11.8 Å². The Morgan fingerprint density at radius 2 is 1.38 bits per heavy atom. The van der Waals surface area contributed by atoms with E-state index >= 15 is 0 Å². The molecule has 1 fully saturated rings. The molecule has 1 saturated heterocycles. The van der Waals surface area contributed by atoms with Gasteiger partial charge in [0.1, 0.15) is 5.75 Å². The SMILES string of the molecule is O=C(c1cccc(CN2C(=O)COc3ccccc32)c1)N1CCN(C(c2ccccc2)c2ccccc2)CC1. The molecule has 0 bridgehead atoms. The first-order valence-corrected chi connectivity index (χ1v) is 13.4. The minimum atomic E-state index is -0.0899. The zero-order valence-corrected chi connectivity index (χ0v) is 21.8. The lowest BCUT2D eigenvalue weighted by Gasteiger charge is -2.40. The van der Waals surface area contributed by atoms with Crippen molar-refractivity contribution in [3.63, 3.8) is 0 Å². The second-order valence-electron chi connectivity index (χ2n) is 9.99. The Kier molecular flexibility index (Phi) is 7.11. The molecule has 0 atom stereocenters. The van der Waals surface area contributed by atoms with E-state index in [1.807, 2.05) is 65.6 Å². The second kappa shape index (κ2) is 11.1. The topological polar surface area (TPSA) is 53.1 Å². The molecule has 0 aromatic heterocycles. The Labute approximate surface area is 229 Å². The van der Waals surface area contributed by atoms with Gasteiger partial charge in [-0.15, -0.1) is 0 Å². The molecule has 0 radical (unpaired) electrons. The Bertz CT molecular complexity index is 1410. The summed E-state index contributed by atoms with van der Waals surface area (Å²) >= 11 is 0. The van der Waals surface area contributed by atoms with Crippen LogP contribution in [-0.4, -0.2) is 54.4 Å². The molecule has 0 saturated carbocycles. The Morgan fingerprint density at radius 3 is 2.08 bits per heavy atom. The molecule has 6 nitrogen and oxygen atoms in total. The predicted octanol–water partition coefficient (Wildman–Crippen LogP) is 5.16. The number of anilines is 1. The van der Waals surface area contributed by atoms with Crippen LogP contribution >= 0.6 is 0 Å². The molecule has 2 aliphatic heterocycles. The largest absolute Gasteiger partial charge is 0.482 e. The third-order valence-electron chi connectivity index (χ3n) is 7.52. The summed E-state index contributed by atoms with van der Waals surface area (Å²) < 4.78 is 5.57. The van der Waals surface area contributed by atoms with Gasteiger partial charge in [0, 0.05) is 31.7 Å². The number of ether oxygens (including phenoxy) is 1. The summed E-state index contributed by atoms with van der Waals surface area (Å²) in [5.41, 5.74) is 4.84. The lowest BCUT2D eigenvalue weighted by Crippen LogP contribution is -2.49. The summed E-state index contributed by atoms with van der Waals surface area (Å²) in [5.74, 6) is 0.639. The predicted molar refractivity (Wildman–Crippen MR) is 152 cm³/mol. The number of amides is 2. The van der Waals surface area contributed by atoms with Gasteiger partial charge >= 0.3 is 0 Å². The highest BCUT2D eigenvalue weighted by Gasteiger charge is 2.29. The quantitative estimate of drug-likeness (QED) is 0.355. The van der Waals surface area contributed by atoms with Gasteiger partial charge in [-0.1, -0.05) is 84.9 Å². The maximum absolute atomic E-state index is 13.5. The van der Waals surface area contributed by atoms with E-state index in [-0.39, 0.29) is 24.5 Å². The summed E-state index contributed by atoms with van der Waals surface area (Å²) in [7, 11) is 0. The van der Waals surface area contributed by atoms with Crippen molar-refractivity contribution in [3.8, 4) is 5.75 Å². The van der Waals surface area contributed by atoms with Crippen molar-refractivity contribution in [1.82, 2.24) is 9.80 Å². The van der Waals surface area contributed by atoms with Gasteiger partial charge in [-0.05, 0) is 41.0 Å². The van der Waals surface area contributed by atoms with Gasteiger partial charge in [-0.2, -0.15) is 0 Å². The average Bonchev–Trinajstić information content (AvgIpc) is 3.00. The number of carbonyl (C=O) groups excluding carboxylic acids is 2. The van der Waals surface area contributed by atoms with Crippen LogP contribution in [0.1, 0.15) is 33.1 Å². The van der Waals surface area contributed by atoms with Crippen LogP contribution in [0.5, 0.6) is 5.75 Å². The van der Waals surface area contributed by atoms with Crippen LogP contribution in [0.3, 0.4) is 0 Å². The van der Waals surface area contributed by atoms with Gasteiger partial charge in [0.15, 0.2) is 6.61 Å². The molecule has 6 heteroatoms. The number of carbonyl (C=O) groups is 2. The van der Waals surface area contributed by atoms with Gasteiger partial charge < -0.3 is 14.5 Å². The summed E-state index contributed by atoms with van der Waals surface area (Å²) in [4.78, 5) is 32.3. The van der Waals surface area contributed by atoms with E-state index in [1.54, 1.807) is 4.90 Å². The van der Waals surface area contributed by atoms with Crippen molar-refractivity contribution in [3.05, 3.63) is 131 Å². The molecular weight excluding hydrogens is 486 g/mol. The molecule has 2 heterocycles. The Hall–Kier alpha value is -4.42. The number of para-hydroxylation sites is 2. The normalized spacial score (nSPS) is 15.7. The number of rotatable bonds is 6. The van der Waals surface area contributed by atoms with Gasteiger partial charge in [0.2, 0.25) is 0 Å². The van der Waals surface area contributed by atoms with E-state index in [0.29, 0.717) is 30.9 Å². The number of benzene rings is 4. The molecule has 2 amide bonds. The smallest absolute Gasteiger partial charge is 0.265 e. The monoisotopic (exact) mass is 517 g/mol. The molecule has 4 aromatic rings. The molecule has 0 spiro atoms. The molecule has 196 valence electrons. The van der Waals surface area contributed by atoms with Gasteiger partial charge in [0.05, 0.1) is 18.3 Å². The minimum Gasteiger partial charge on any atom is -0.482 e. The van der Waals surface area contributed by atoms with E-state index in [9.17, 15) is 9.59 Å². The van der Waals surface area contributed by atoms with Crippen LogP contribution < -0.4 is 9.64 Å². The molecule has 2 aliphatic rings. The van der Waals surface area contributed by atoms with Crippen molar-refractivity contribution in [2.45, 2.75) is 12.6 Å². The van der Waals surface area contributed by atoms with Crippen molar-refractivity contribution in [2.24, 2.45) is 0 Å². The standard InChI is InChI=1S/C33H31N3O3/c37-31-24-39-30-17-8-7-16-29(30)36(31)23-25-10-9-15-28(22-25)33(38)35-20-18-34(19-21-35)32(26-11-3-1-4-12-26)27-13-5-2-6-14-27/h1-17,22,32H,18-21,23-24H2. The fourth-order valence-electron chi connectivity index (χ4n) is 5.56. The fraction of sp³-hybridized carbons (Fsp3) is 0.212. The van der Waals surface area contributed by atoms with Crippen LogP contribution in [-0.2, 0) is 11.3 Å². The molecule has 0 aliphatic carbocycles. The Morgan fingerprint density at radius 1 is 0.744 bits per heavy atom. The maximum atomic E-state index is 13.5. The third-order valence-corrected chi connectivity index (χ3v) is 7.52. The Balaban J connectivity index is 1.15. The summed E-state index contributed by atoms with van der Waals surface area (Å²) in [6.07, 6.45) is 0. The highest BCUT2D eigenvalue weighted by atomic mass is 16.5. The van der Waals surface area contributed by atoms with Crippen LogP contribution in [0.2, 0.25) is 0 Å². The van der Waals surface area contributed by atoms with Crippen molar-refractivity contribution < 1.29 is 14.3 Å². The summed E-state index contributed by atoms with van der Waals surface area (Å²) in [5, 5.41) is 0. The van der Waals surface area contributed by atoms with Crippen LogP contribution in [0, 0.1) is 0 Å². The minimum absolute atomic E-state index is 0.0207. The van der Waals surface area contributed by atoms with Gasteiger partial charge in [-0.3, -0.25) is 14.5 Å². The van der Waals surface area contributed by atoms with E-state index in [4.69, 9.17) is 4.74 Å². The number of hydrogen-bond donors (Lipinski definition) is 0.